The lowest BCUT2D eigenvalue weighted by molar-refractivity contribution is -0.125. The first-order chi connectivity index (χ1) is 10.6. The van der Waals surface area contributed by atoms with Gasteiger partial charge in [0.2, 0.25) is 5.91 Å². The van der Waals surface area contributed by atoms with Crippen LogP contribution >= 0.6 is 12.4 Å². The van der Waals surface area contributed by atoms with E-state index in [-0.39, 0.29) is 36.3 Å². The van der Waals surface area contributed by atoms with Gasteiger partial charge in [-0.1, -0.05) is 25.1 Å². The molecular formula is C16H25ClN4O2. The number of nitrogens with one attached hydrogen (secondary N) is 2. The summed E-state index contributed by atoms with van der Waals surface area (Å²) in [6.07, 6.45) is 1.54. The number of benzene rings is 1. The third-order valence-corrected chi connectivity index (χ3v) is 3.95. The van der Waals surface area contributed by atoms with Gasteiger partial charge in [0, 0.05) is 37.3 Å². The molecule has 6 nitrogen and oxygen atoms in total. The van der Waals surface area contributed by atoms with Crippen LogP contribution in [0.3, 0.4) is 0 Å². The number of likely N-dealkylation sites (tertiary alicyclic amines) is 1. The Balaban J connectivity index is 0.00000264. The van der Waals surface area contributed by atoms with Crippen LogP contribution in [0.15, 0.2) is 30.3 Å². The number of nitrogens with two attached hydrogens (primary N) is 1. The standard InChI is InChI=1S/C16H24N4O2.ClH/c1-12(11-17)15(21)18-14-7-9-20(10-8-14)16(22)19-13-5-3-2-4-6-13;/h2-6,12,14H,7-11,17H2,1H3,(H,18,21)(H,19,22);1H. The molecule has 4 N–H and O–H groups in total. The maximum Gasteiger partial charge on any atom is 0.321 e. The maximum absolute atomic E-state index is 12.2. The van der Waals surface area contributed by atoms with E-state index in [0.717, 1.165) is 18.5 Å². The van der Waals surface area contributed by atoms with Crippen LogP contribution in [0.4, 0.5) is 10.5 Å². The molecule has 0 saturated carbocycles. The molecule has 1 aromatic rings. The van der Waals surface area contributed by atoms with Crippen LogP contribution in [0.25, 0.3) is 0 Å². The second-order valence-corrected chi connectivity index (χ2v) is 5.70. The summed E-state index contributed by atoms with van der Waals surface area (Å²) in [7, 11) is 0. The molecule has 128 valence electrons. The van der Waals surface area contributed by atoms with Crippen molar-refractivity contribution in [1.29, 1.82) is 0 Å². The molecule has 0 aliphatic carbocycles. The number of para-hydroxylation sites is 1. The van der Waals surface area contributed by atoms with E-state index < -0.39 is 0 Å². The highest BCUT2D eigenvalue weighted by Gasteiger charge is 2.24. The molecule has 1 saturated heterocycles. The van der Waals surface area contributed by atoms with Crippen LogP contribution in [0.1, 0.15) is 19.8 Å². The smallest absolute Gasteiger partial charge is 0.321 e. The average Bonchev–Trinajstić information content (AvgIpc) is 2.55. The fourth-order valence-electron chi connectivity index (χ4n) is 2.40. The largest absolute Gasteiger partial charge is 0.353 e. The molecular weight excluding hydrogens is 316 g/mol. The van der Waals surface area contributed by atoms with Gasteiger partial charge < -0.3 is 21.3 Å². The average molecular weight is 341 g/mol. The van der Waals surface area contributed by atoms with Crippen LogP contribution in [0, 0.1) is 5.92 Å². The van der Waals surface area contributed by atoms with Gasteiger partial charge in [0.05, 0.1) is 0 Å². The zero-order chi connectivity index (χ0) is 15.9. The van der Waals surface area contributed by atoms with Crippen LogP contribution in [-0.2, 0) is 4.79 Å². The number of urea groups is 1. The molecule has 0 aromatic heterocycles. The van der Waals surface area contributed by atoms with Crippen LogP contribution in [-0.4, -0.2) is 42.5 Å². The van der Waals surface area contributed by atoms with Crippen LogP contribution in [0.2, 0.25) is 0 Å². The fraction of sp³-hybridized carbons (Fsp3) is 0.500. The minimum Gasteiger partial charge on any atom is -0.353 e. The molecule has 1 heterocycles. The summed E-state index contributed by atoms with van der Waals surface area (Å²) in [6, 6.07) is 9.43. The molecule has 1 aliphatic rings. The second kappa shape index (κ2) is 9.37. The van der Waals surface area contributed by atoms with Crippen LogP contribution < -0.4 is 16.4 Å². The first-order valence-electron chi connectivity index (χ1n) is 7.71. The van der Waals surface area contributed by atoms with E-state index in [1.165, 1.54) is 0 Å². The first kappa shape index (κ1) is 19.3. The summed E-state index contributed by atoms with van der Waals surface area (Å²) in [4.78, 5) is 25.8. The lowest BCUT2D eigenvalue weighted by Gasteiger charge is -2.32. The minimum atomic E-state index is -0.167. The van der Waals surface area contributed by atoms with Crippen molar-refractivity contribution in [3.8, 4) is 0 Å². The number of nitrogens with zero attached hydrogens (tertiary/aromatic N) is 1. The summed E-state index contributed by atoms with van der Waals surface area (Å²) in [5.74, 6) is -0.172. The van der Waals surface area contributed by atoms with Gasteiger partial charge >= 0.3 is 6.03 Å². The number of halogens is 1. The van der Waals surface area contributed by atoms with E-state index in [1.807, 2.05) is 37.3 Å². The van der Waals surface area contributed by atoms with Crippen molar-refractivity contribution in [3.05, 3.63) is 30.3 Å². The maximum atomic E-state index is 12.2. The van der Waals surface area contributed by atoms with E-state index >= 15 is 0 Å². The van der Waals surface area contributed by atoms with Gasteiger partial charge in [0.25, 0.3) is 0 Å². The van der Waals surface area contributed by atoms with Crippen LogP contribution in [0.5, 0.6) is 0 Å². The van der Waals surface area contributed by atoms with E-state index in [4.69, 9.17) is 5.73 Å². The van der Waals surface area contributed by atoms with Crippen molar-refractivity contribution in [2.24, 2.45) is 11.7 Å². The Labute approximate surface area is 143 Å². The highest BCUT2D eigenvalue weighted by molar-refractivity contribution is 5.89. The van der Waals surface area contributed by atoms with Crippen molar-refractivity contribution in [2.45, 2.75) is 25.8 Å². The quantitative estimate of drug-likeness (QED) is 0.781. The molecule has 1 fully saturated rings. The Kier molecular flexibility index (Phi) is 7.85. The van der Waals surface area contributed by atoms with Gasteiger partial charge in [0.1, 0.15) is 0 Å². The molecule has 0 spiro atoms. The third-order valence-electron chi connectivity index (χ3n) is 3.95. The van der Waals surface area contributed by atoms with E-state index in [1.54, 1.807) is 4.90 Å². The SMILES string of the molecule is CC(CN)C(=O)NC1CCN(C(=O)Nc2ccccc2)CC1.Cl. The molecule has 1 atom stereocenters. The third kappa shape index (κ3) is 5.73. The predicted molar refractivity (Wildman–Crippen MR) is 93.7 cm³/mol. The summed E-state index contributed by atoms with van der Waals surface area (Å²) in [5.41, 5.74) is 6.28. The van der Waals surface area contributed by atoms with Gasteiger partial charge in [-0.3, -0.25) is 4.79 Å². The summed E-state index contributed by atoms with van der Waals surface area (Å²) in [6.45, 7) is 3.45. The number of carbonyl (C=O) groups is 2. The lowest BCUT2D eigenvalue weighted by Crippen LogP contribution is -2.49. The zero-order valence-electron chi connectivity index (χ0n) is 13.3. The predicted octanol–water partition coefficient (Wildman–Crippen LogP) is 1.82. The van der Waals surface area contributed by atoms with E-state index in [2.05, 4.69) is 10.6 Å². The molecule has 1 aromatic carbocycles. The van der Waals surface area contributed by atoms with Crippen molar-refractivity contribution in [2.75, 3.05) is 25.0 Å². The van der Waals surface area contributed by atoms with Gasteiger partial charge in [-0.05, 0) is 25.0 Å². The topological polar surface area (TPSA) is 87.5 Å². The Hall–Kier alpha value is -1.79. The molecule has 1 aliphatic heterocycles. The molecule has 23 heavy (non-hydrogen) atoms. The number of amides is 3. The summed E-state index contributed by atoms with van der Waals surface area (Å²) < 4.78 is 0. The van der Waals surface area contributed by atoms with E-state index in [9.17, 15) is 9.59 Å². The molecule has 2 rings (SSSR count). The minimum absolute atomic E-state index is 0. The van der Waals surface area contributed by atoms with Gasteiger partial charge in [-0.2, -0.15) is 0 Å². The molecule has 7 heteroatoms. The molecule has 1 unspecified atom stereocenters. The fourth-order valence-corrected chi connectivity index (χ4v) is 2.40. The van der Waals surface area contributed by atoms with Crippen molar-refractivity contribution in [1.82, 2.24) is 10.2 Å². The first-order valence-corrected chi connectivity index (χ1v) is 7.71. The summed E-state index contributed by atoms with van der Waals surface area (Å²) >= 11 is 0. The second-order valence-electron chi connectivity index (χ2n) is 5.70. The number of hydrogen-bond donors (Lipinski definition) is 3. The lowest BCUT2D eigenvalue weighted by atomic mass is 10.0. The number of carbonyl (C=O) groups excluding carboxylic acids is 2. The van der Waals surface area contributed by atoms with Crippen molar-refractivity contribution < 1.29 is 9.59 Å². The van der Waals surface area contributed by atoms with Gasteiger partial charge in [0.15, 0.2) is 0 Å². The van der Waals surface area contributed by atoms with Gasteiger partial charge in [-0.25, -0.2) is 4.79 Å². The monoisotopic (exact) mass is 340 g/mol. The Bertz CT molecular complexity index is 504. The molecule has 0 bridgehead atoms. The van der Waals surface area contributed by atoms with Gasteiger partial charge in [-0.15, -0.1) is 12.4 Å². The Morgan fingerprint density at radius 1 is 1.26 bits per heavy atom. The summed E-state index contributed by atoms with van der Waals surface area (Å²) in [5, 5.41) is 5.88. The normalized spacial score (nSPS) is 16.2. The molecule has 3 amide bonds. The van der Waals surface area contributed by atoms with Crippen molar-refractivity contribution >= 4 is 30.0 Å². The zero-order valence-corrected chi connectivity index (χ0v) is 14.1. The number of piperidine rings is 1. The Morgan fingerprint density at radius 3 is 2.43 bits per heavy atom. The molecule has 0 radical (unpaired) electrons. The van der Waals surface area contributed by atoms with Crippen molar-refractivity contribution in [3.63, 3.8) is 0 Å². The Morgan fingerprint density at radius 2 is 1.87 bits per heavy atom. The van der Waals surface area contributed by atoms with E-state index in [0.29, 0.717) is 19.6 Å². The number of rotatable bonds is 4. The number of anilines is 1. The number of hydrogen-bond acceptors (Lipinski definition) is 3. The highest BCUT2D eigenvalue weighted by Crippen LogP contribution is 2.13. The highest BCUT2D eigenvalue weighted by atomic mass is 35.5.